The number of carbonyl (C=O) groups excluding carboxylic acids is 1. The number of halogens is 1. The van der Waals surface area contributed by atoms with Crippen molar-refractivity contribution in [2.75, 3.05) is 33.9 Å². The fourth-order valence-electron chi connectivity index (χ4n) is 2.72. The lowest BCUT2D eigenvalue weighted by Crippen LogP contribution is -2.37. The summed E-state index contributed by atoms with van der Waals surface area (Å²) in [5, 5.41) is 9.15. The first-order chi connectivity index (χ1) is 14.5. The van der Waals surface area contributed by atoms with Gasteiger partial charge in [-0.15, -0.1) is 0 Å². The van der Waals surface area contributed by atoms with Crippen LogP contribution in [0.1, 0.15) is 18.1 Å². The highest BCUT2D eigenvalue weighted by molar-refractivity contribution is 5.79. The van der Waals surface area contributed by atoms with Crippen molar-refractivity contribution in [2.45, 2.75) is 19.9 Å². The molecule has 0 aliphatic carbocycles. The number of rotatable bonds is 10. The molecule has 0 saturated heterocycles. The molecule has 0 heterocycles. The highest BCUT2D eigenvalue weighted by atomic mass is 19.1. The Morgan fingerprint density at radius 2 is 1.77 bits per heavy atom. The molecular weight excluding hydrogens is 387 g/mol. The van der Waals surface area contributed by atoms with Crippen molar-refractivity contribution in [2.24, 2.45) is 4.99 Å². The van der Waals surface area contributed by atoms with Gasteiger partial charge in [0.2, 0.25) is 0 Å². The van der Waals surface area contributed by atoms with Crippen molar-refractivity contribution >= 4 is 11.9 Å². The van der Waals surface area contributed by atoms with Gasteiger partial charge in [-0.3, -0.25) is 9.79 Å². The van der Waals surface area contributed by atoms with E-state index in [2.05, 4.69) is 20.9 Å². The van der Waals surface area contributed by atoms with Crippen LogP contribution in [0.2, 0.25) is 0 Å². The second-order valence-corrected chi connectivity index (χ2v) is 6.46. The number of amides is 1. The monoisotopic (exact) mass is 416 g/mol. The molecule has 8 heteroatoms. The lowest BCUT2D eigenvalue weighted by Gasteiger charge is -2.14. The zero-order valence-electron chi connectivity index (χ0n) is 17.6. The fourth-order valence-corrected chi connectivity index (χ4v) is 2.72. The Morgan fingerprint density at radius 1 is 1.03 bits per heavy atom. The van der Waals surface area contributed by atoms with E-state index in [9.17, 15) is 9.18 Å². The molecule has 0 fully saturated rings. The zero-order valence-corrected chi connectivity index (χ0v) is 17.6. The standard InChI is InChI=1S/C22H29FN4O3/c1-4-25-21(28)15-30-19-10-7-17(13-20(19)29-3)14-27-22(24-2)26-12-11-16-5-8-18(23)9-6-16/h5-10,13H,4,11-12,14-15H2,1-3H3,(H,25,28)(H2,24,26,27). The van der Waals surface area contributed by atoms with Crippen LogP contribution in [0.15, 0.2) is 47.5 Å². The summed E-state index contributed by atoms with van der Waals surface area (Å²) in [6.07, 6.45) is 0.756. The summed E-state index contributed by atoms with van der Waals surface area (Å²) in [6, 6.07) is 12.0. The van der Waals surface area contributed by atoms with E-state index in [1.807, 2.05) is 19.1 Å². The Hall–Kier alpha value is -3.29. The molecule has 162 valence electrons. The smallest absolute Gasteiger partial charge is 0.257 e. The van der Waals surface area contributed by atoms with E-state index in [1.54, 1.807) is 32.4 Å². The van der Waals surface area contributed by atoms with Crippen LogP contribution < -0.4 is 25.4 Å². The molecule has 0 aliphatic rings. The highest BCUT2D eigenvalue weighted by Gasteiger charge is 2.09. The first-order valence-corrected chi connectivity index (χ1v) is 9.81. The molecule has 2 aromatic carbocycles. The largest absolute Gasteiger partial charge is 0.493 e. The number of likely N-dealkylation sites (N-methyl/N-ethyl adjacent to an activating group) is 1. The quantitative estimate of drug-likeness (QED) is 0.409. The van der Waals surface area contributed by atoms with E-state index in [0.717, 1.165) is 17.5 Å². The average Bonchev–Trinajstić information content (AvgIpc) is 2.76. The van der Waals surface area contributed by atoms with E-state index in [4.69, 9.17) is 9.47 Å². The number of methoxy groups -OCH3 is 1. The van der Waals surface area contributed by atoms with Crippen molar-refractivity contribution in [1.29, 1.82) is 0 Å². The Morgan fingerprint density at radius 3 is 2.43 bits per heavy atom. The topological polar surface area (TPSA) is 84.0 Å². The third kappa shape index (κ3) is 7.62. The van der Waals surface area contributed by atoms with E-state index in [1.165, 1.54) is 12.1 Å². The van der Waals surface area contributed by atoms with Crippen LogP contribution in [0, 0.1) is 5.82 Å². The van der Waals surface area contributed by atoms with Gasteiger partial charge in [-0.25, -0.2) is 4.39 Å². The van der Waals surface area contributed by atoms with Crippen LogP contribution in [-0.4, -0.2) is 45.7 Å². The number of nitrogens with one attached hydrogen (secondary N) is 3. The number of guanidine groups is 1. The molecule has 0 aliphatic heterocycles. The van der Waals surface area contributed by atoms with Crippen molar-refractivity contribution in [3.05, 3.63) is 59.4 Å². The van der Waals surface area contributed by atoms with Crippen LogP contribution in [0.5, 0.6) is 11.5 Å². The molecule has 7 nitrogen and oxygen atoms in total. The van der Waals surface area contributed by atoms with Gasteiger partial charge < -0.3 is 25.4 Å². The molecule has 0 atom stereocenters. The fraction of sp³-hybridized carbons (Fsp3) is 0.364. The first kappa shape index (κ1) is 23.0. The lowest BCUT2D eigenvalue weighted by molar-refractivity contribution is -0.123. The maximum Gasteiger partial charge on any atom is 0.257 e. The van der Waals surface area contributed by atoms with E-state index >= 15 is 0 Å². The molecule has 0 unspecified atom stereocenters. The van der Waals surface area contributed by atoms with Gasteiger partial charge in [-0.1, -0.05) is 18.2 Å². The Labute approximate surface area is 176 Å². The third-order valence-electron chi connectivity index (χ3n) is 4.26. The van der Waals surface area contributed by atoms with Crippen molar-refractivity contribution in [3.8, 4) is 11.5 Å². The van der Waals surface area contributed by atoms with E-state index in [-0.39, 0.29) is 18.3 Å². The predicted octanol–water partition coefficient (Wildman–Crippen LogP) is 2.26. The minimum absolute atomic E-state index is 0.0631. The summed E-state index contributed by atoms with van der Waals surface area (Å²) < 4.78 is 23.9. The summed E-state index contributed by atoms with van der Waals surface area (Å²) >= 11 is 0. The summed E-state index contributed by atoms with van der Waals surface area (Å²) in [7, 11) is 3.26. The van der Waals surface area contributed by atoms with E-state index in [0.29, 0.717) is 37.1 Å². The Kier molecular flexibility index (Phi) is 9.44. The molecule has 0 aromatic heterocycles. The minimum atomic E-state index is -0.236. The number of nitrogens with zero attached hydrogens (tertiary/aromatic N) is 1. The zero-order chi connectivity index (χ0) is 21.8. The molecule has 1 amide bonds. The lowest BCUT2D eigenvalue weighted by atomic mass is 10.1. The molecule has 0 bridgehead atoms. The van der Waals surface area contributed by atoms with Crippen LogP contribution in [-0.2, 0) is 17.8 Å². The molecule has 3 N–H and O–H groups in total. The Bertz CT molecular complexity index is 841. The van der Waals surface area contributed by atoms with Gasteiger partial charge in [-0.2, -0.15) is 0 Å². The highest BCUT2D eigenvalue weighted by Crippen LogP contribution is 2.28. The van der Waals surface area contributed by atoms with Crippen LogP contribution in [0.3, 0.4) is 0 Å². The van der Waals surface area contributed by atoms with Crippen LogP contribution >= 0.6 is 0 Å². The van der Waals surface area contributed by atoms with Crippen LogP contribution in [0.25, 0.3) is 0 Å². The van der Waals surface area contributed by atoms with Gasteiger partial charge in [0.25, 0.3) is 5.91 Å². The second kappa shape index (κ2) is 12.3. The summed E-state index contributed by atoms with van der Waals surface area (Å²) in [6.45, 7) is 3.55. The van der Waals surface area contributed by atoms with Gasteiger partial charge in [-0.05, 0) is 48.7 Å². The molecule has 2 rings (SSSR count). The second-order valence-electron chi connectivity index (χ2n) is 6.46. The van der Waals surface area contributed by atoms with Crippen molar-refractivity contribution < 1.29 is 18.7 Å². The third-order valence-corrected chi connectivity index (χ3v) is 4.26. The van der Waals surface area contributed by atoms with E-state index < -0.39 is 0 Å². The van der Waals surface area contributed by atoms with Gasteiger partial charge in [0.05, 0.1) is 7.11 Å². The summed E-state index contributed by atoms with van der Waals surface area (Å²) in [5.41, 5.74) is 2.02. The maximum absolute atomic E-state index is 13.0. The van der Waals surface area contributed by atoms with Gasteiger partial charge in [0.15, 0.2) is 24.1 Å². The summed E-state index contributed by atoms with van der Waals surface area (Å²) in [4.78, 5) is 15.8. The SMILES string of the molecule is CCNC(=O)COc1ccc(CNC(=NC)NCCc2ccc(F)cc2)cc1OC. The minimum Gasteiger partial charge on any atom is -0.493 e. The number of aliphatic imine (C=N–C) groups is 1. The molecule has 2 aromatic rings. The van der Waals surface area contributed by atoms with Crippen LogP contribution in [0.4, 0.5) is 4.39 Å². The number of carbonyl (C=O) groups is 1. The van der Waals surface area contributed by atoms with Crippen molar-refractivity contribution in [1.82, 2.24) is 16.0 Å². The van der Waals surface area contributed by atoms with Crippen molar-refractivity contribution in [3.63, 3.8) is 0 Å². The normalized spacial score (nSPS) is 11.0. The number of ether oxygens (including phenoxy) is 2. The van der Waals surface area contributed by atoms with Gasteiger partial charge >= 0.3 is 0 Å². The average molecular weight is 416 g/mol. The molecule has 30 heavy (non-hydrogen) atoms. The molecule has 0 radical (unpaired) electrons. The number of benzene rings is 2. The first-order valence-electron chi connectivity index (χ1n) is 9.81. The number of hydrogen-bond donors (Lipinski definition) is 3. The van der Waals surface area contributed by atoms with Gasteiger partial charge in [0, 0.05) is 26.7 Å². The molecule has 0 spiro atoms. The van der Waals surface area contributed by atoms with Gasteiger partial charge in [0.1, 0.15) is 5.82 Å². The number of hydrogen-bond acceptors (Lipinski definition) is 4. The molecular formula is C22H29FN4O3. The molecule has 0 saturated carbocycles. The Balaban J connectivity index is 1.83. The maximum atomic E-state index is 13.0. The predicted molar refractivity (Wildman–Crippen MR) is 115 cm³/mol. The summed E-state index contributed by atoms with van der Waals surface area (Å²) in [5.74, 6) is 1.31.